The molecule has 4 heteroatoms. The molecule has 0 bridgehead atoms. The summed E-state index contributed by atoms with van der Waals surface area (Å²) in [6, 6.07) is 4.98. The van der Waals surface area contributed by atoms with Crippen LogP contribution < -0.4 is 10.6 Å². The molecule has 1 aliphatic heterocycles. The standard InChI is InChI=1S/C12H15FN2S/c13-10-8-9(12(14)16)4-5-11(10)15-6-2-1-3-7-15/h4-5,8H,1-3,6-7H2,(H2,14,16). The highest BCUT2D eigenvalue weighted by Gasteiger charge is 2.15. The summed E-state index contributed by atoms with van der Waals surface area (Å²) in [5.41, 5.74) is 6.72. The molecule has 86 valence electrons. The molecule has 2 N–H and O–H groups in total. The first kappa shape index (κ1) is 11.3. The Morgan fingerprint density at radius 2 is 1.94 bits per heavy atom. The number of thiocarbonyl (C=S) groups is 1. The fourth-order valence-corrected chi connectivity index (χ4v) is 2.18. The van der Waals surface area contributed by atoms with Crippen molar-refractivity contribution in [2.75, 3.05) is 18.0 Å². The minimum Gasteiger partial charge on any atom is -0.389 e. The monoisotopic (exact) mass is 238 g/mol. The molecule has 1 aromatic carbocycles. The van der Waals surface area contributed by atoms with Gasteiger partial charge in [0, 0.05) is 18.7 Å². The maximum Gasteiger partial charge on any atom is 0.147 e. The summed E-state index contributed by atoms with van der Waals surface area (Å²) in [6.07, 6.45) is 3.51. The van der Waals surface area contributed by atoms with Crippen LogP contribution in [0.5, 0.6) is 0 Å². The third kappa shape index (κ3) is 2.32. The predicted molar refractivity (Wildman–Crippen MR) is 68.4 cm³/mol. The highest BCUT2D eigenvalue weighted by atomic mass is 32.1. The van der Waals surface area contributed by atoms with E-state index in [2.05, 4.69) is 4.90 Å². The normalized spacial score (nSPS) is 16.2. The van der Waals surface area contributed by atoms with Gasteiger partial charge in [0.15, 0.2) is 0 Å². The number of anilines is 1. The van der Waals surface area contributed by atoms with Crippen LogP contribution in [0.4, 0.5) is 10.1 Å². The zero-order chi connectivity index (χ0) is 11.5. The van der Waals surface area contributed by atoms with Crippen molar-refractivity contribution < 1.29 is 4.39 Å². The number of hydrogen-bond acceptors (Lipinski definition) is 2. The second-order valence-electron chi connectivity index (χ2n) is 4.08. The lowest BCUT2D eigenvalue weighted by molar-refractivity contribution is 0.557. The molecule has 0 radical (unpaired) electrons. The summed E-state index contributed by atoms with van der Waals surface area (Å²) in [5, 5.41) is 0. The summed E-state index contributed by atoms with van der Waals surface area (Å²) in [4.78, 5) is 2.33. The van der Waals surface area contributed by atoms with E-state index in [1.165, 1.54) is 12.5 Å². The molecule has 16 heavy (non-hydrogen) atoms. The second kappa shape index (κ2) is 4.78. The SMILES string of the molecule is NC(=S)c1ccc(N2CCCCC2)c(F)c1. The lowest BCUT2D eigenvalue weighted by Crippen LogP contribution is -2.30. The number of nitrogens with two attached hydrogens (primary N) is 1. The van der Waals surface area contributed by atoms with Gasteiger partial charge in [-0.3, -0.25) is 0 Å². The van der Waals surface area contributed by atoms with Gasteiger partial charge in [-0.05, 0) is 37.5 Å². The molecular formula is C12H15FN2S. The minimum absolute atomic E-state index is 0.229. The van der Waals surface area contributed by atoms with E-state index in [0.29, 0.717) is 11.3 Å². The van der Waals surface area contributed by atoms with E-state index in [-0.39, 0.29) is 10.8 Å². The molecule has 0 unspecified atom stereocenters. The largest absolute Gasteiger partial charge is 0.389 e. The first-order valence-corrected chi connectivity index (χ1v) is 5.93. The Labute approximate surface area is 100 Å². The average molecular weight is 238 g/mol. The van der Waals surface area contributed by atoms with Crippen LogP contribution >= 0.6 is 12.2 Å². The average Bonchev–Trinajstić information content (AvgIpc) is 2.30. The Morgan fingerprint density at radius 3 is 2.50 bits per heavy atom. The van der Waals surface area contributed by atoms with Crippen molar-refractivity contribution in [1.82, 2.24) is 0 Å². The van der Waals surface area contributed by atoms with Gasteiger partial charge in [-0.1, -0.05) is 12.2 Å². The first-order chi connectivity index (χ1) is 7.68. The predicted octanol–water partition coefficient (Wildman–Crippen LogP) is 2.45. The molecule has 0 saturated carbocycles. The van der Waals surface area contributed by atoms with Crippen molar-refractivity contribution >= 4 is 22.9 Å². The van der Waals surface area contributed by atoms with Crippen LogP contribution in [-0.2, 0) is 0 Å². The molecule has 0 spiro atoms. The molecule has 1 fully saturated rings. The van der Waals surface area contributed by atoms with Gasteiger partial charge in [-0.15, -0.1) is 0 Å². The molecule has 0 aliphatic carbocycles. The van der Waals surface area contributed by atoms with Gasteiger partial charge in [0.2, 0.25) is 0 Å². The van der Waals surface area contributed by atoms with E-state index >= 15 is 0 Å². The van der Waals surface area contributed by atoms with E-state index in [4.69, 9.17) is 18.0 Å². The fourth-order valence-electron chi connectivity index (χ4n) is 2.05. The van der Waals surface area contributed by atoms with E-state index in [1.807, 2.05) is 0 Å². The Bertz CT molecular complexity index is 400. The Kier molecular flexibility index (Phi) is 3.39. The topological polar surface area (TPSA) is 29.3 Å². The van der Waals surface area contributed by atoms with Crippen LogP contribution in [0.3, 0.4) is 0 Å². The third-order valence-electron chi connectivity index (χ3n) is 2.93. The first-order valence-electron chi connectivity index (χ1n) is 5.53. The van der Waals surface area contributed by atoms with Crippen molar-refractivity contribution in [3.8, 4) is 0 Å². The smallest absolute Gasteiger partial charge is 0.147 e. The second-order valence-corrected chi connectivity index (χ2v) is 4.52. The van der Waals surface area contributed by atoms with E-state index in [1.54, 1.807) is 12.1 Å². The number of rotatable bonds is 2. The lowest BCUT2D eigenvalue weighted by atomic mass is 10.1. The molecule has 0 aromatic heterocycles. The molecule has 1 heterocycles. The Morgan fingerprint density at radius 1 is 1.25 bits per heavy atom. The third-order valence-corrected chi connectivity index (χ3v) is 3.16. The number of benzene rings is 1. The maximum atomic E-state index is 13.8. The van der Waals surface area contributed by atoms with Crippen LogP contribution in [0.15, 0.2) is 18.2 Å². The lowest BCUT2D eigenvalue weighted by Gasteiger charge is -2.29. The van der Waals surface area contributed by atoms with Crippen molar-refractivity contribution in [3.05, 3.63) is 29.6 Å². The van der Waals surface area contributed by atoms with E-state index < -0.39 is 0 Å². The van der Waals surface area contributed by atoms with Crippen LogP contribution in [-0.4, -0.2) is 18.1 Å². The molecule has 1 aromatic rings. The zero-order valence-electron chi connectivity index (χ0n) is 9.08. The molecule has 0 atom stereocenters. The zero-order valence-corrected chi connectivity index (χ0v) is 9.89. The van der Waals surface area contributed by atoms with Gasteiger partial charge in [-0.25, -0.2) is 4.39 Å². The number of hydrogen-bond donors (Lipinski definition) is 1. The quantitative estimate of drug-likeness (QED) is 0.802. The molecule has 1 aliphatic rings. The van der Waals surface area contributed by atoms with Crippen LogP contribution in [0, 0.1) is 5.82 Å². The Hall–Kier alpha value is -1.16. The van der Waals surface area contributed by atoms with Gasteiger partial charge in [0.25, 0.3) is 0 Å². The number of nitrogens with zero attached hydrogens (tertiary/aromatic N) is 1. The summed E-state index contributed by atoms with van der Waals surface area (Å²) < 4.78 is 13.8. The van der Waals surface area contributed by atoms with Gasteiger partial charge in [0.05, 0.1) is 5.69 Å². The highest BCUT2D eigenvalue weighted by molar-refractivity contribution is 7.80. The molecule has 0 amide bonds. The van der Waals surface area contributed by atoms with E-state index in [0.717, 1.165) is 25.9 Å². The number of halogens is 1. The van der Waals surface area contributed by atoms with Gasteiger partial charge in [-0.2, -0.15) is 0 Å². The van der Waals surface area contributed by atoms with Crippen molar-refractivity contribution in [1.29, 1.82) is 0 Å². The van der Waals surface area contributed by atoms with Gasteiger partial charge < -0.3 is 10.6 Å². The maximum absolute atomic E-state index is 13.8. The van der Waals surface area contributed by atoms with Crippen molar-refractivity contribution in [2.45, 2.75) is 19.3 Å². The van der Waals surface area contributed by atoms with Crippen LogP contribution in [0.1, 0.15) is 24.8 Å². The molecule has 2 nitrogen and oxygen atoms in total. The molecule has 1 saturated heterocycles. The highest BCUT2D eigenvalue weighted by Crippen LogP contribution is 2.23. The Balaban J connectivity index is 2.24. The summed E-state index contributed by atoms with van der Waals surface area (Å²) in [7, 11) is 0. The van der Waals surface area contributed by atoms with Gasteiger partial charge in [0.1, 0.15) is 10.8 Å². The fraction of sp³-hybridized carbons (Fsp3) is 0.417. The van der Waals surface area contributed by atoms with Crippen LogP contribution in [0.2, 0.25) is 0 Å². The number of piperidine rings is 1. The summed E-state index contributed by atoms with van der Waals surface area (Å²) in [5.74, 6) is -0.229. The van der Waals surface area contributed by atoms with Crippen molar-refractivity contribution in [2.24, 2.45) is 5.73 Å². The molecule has 2 rings (SSSR count). The minimum atomic E-state index is -0.229. The summed E-state index contributed by atoms with van der Waals surface area (Å²) in [6.45, 7) is 1.87. The molecular weight excluding hydrogens is 223 g/mol. The van der Waals surface area contributed by atoms with Crippen LogP contribution in [0.25, 0.3) is 0 Å². The summed E-state index contributed by atoms with van der Waals surface area (Å²) >= 11 is 4.82. The van der Waals surface area contributed by atoms with E-state index in [9.17, 15) is 4.39 Å². The van der Waals surface area contributed by atoms with Gasteiger partial charge >= 0.3 is 0 Å². The van der Waals surface area contributed by atoms with Crippen molar-refractivity contribution in [3.63, 3.8) is 0 Å².